The first-order chi connectivity index (χ1) is 11.2. The molecule has 2 aromatic carbocycles. The van der Waals surface area contributed by atoms with Crippen molar-refractivity contribution in [3.8, 4) is 17.1 Å². The van der Waals surface area contributed by atoms with Crippen molar-refractivity contribution in [2.75, 3.05) is 5.84 Å². The van der Waals surface area contributed by atoms with E-state index < -0.39 is 5.91 Å². The van der Waals surface area contributed by atoms with Crippen LogP contribution in [0.4, 0.5) is 0 Å². The number of hydrogen-bond donors (Lipinski definition) is 2. The van der Waals surface area contributed by atoms with Gasteiger partial charge in [0.2, 0.25) is 5.88 Å². The highest BCUT2D eigenvalue weighted by Crippen LogP contribution is 2.39. The van der Waals surface area contributed by atoms with Crippen LogP contribution >= 0.6 is 0 Å². The third kappa shape index (κ3) is 1.87. The number of hydrogen-bond acceptors (Lipinski definition) is 3. The zero-order chi connectivity index (χ0) is 16.0. The molecule has 5 heteroatoms. The van der Waals surface area contributed by atoms with Crippen molar-refractivity contribution < 1.29 is 9.90 Å². The number of fused-ring (bicyclic) bond motifs is 1. The molecule has 2 heterocycles. The Morgan fingerprint density at radius 3 is 2.04 bits per heavy atom. The van der Waals surface area contributed by atoms with Gasteiger partial charge in [-0.3, -0.25) is 4.79 Å². The van der Waals surface area contributed by atoms with E-state index in [1.165, 1.54) is 0 Å². The van der Waals surface area contributed by atoms with Gasteiger partial charge in [0.25, 0.3) is 5.91 Å². The van der Waals surface area contributed by atoms with Gasteiger partial charge in [-0.2, -0.15) is 0 Å². The van der Waals surface area contributed by atoms with Crippen LogP contribution in [0.3, 0.4) is 0 Å². The van der Waals surface area contributed by atoms with E-state index in [4.69, 9.17) is 5.84 Å². The van der Waals surface area contributed by atoms with E-state index in [1.807, 2.05) is 60.7 Å². The Morgan fingerprint density at radius 2 is 1.43 bits per heavy atom. The summed E-state index contributed by atoms with van der Waals surface area (Å²) in [5.74, 6) is 5.46. The molecule has 0 bridgehead atoms. The Hall–Kier alpha value is -3.34. The zero-order valence-corrected chi connectivity index (χ0v) is 12.1. The van der Waals surface area contributed by atoms with Gasteiger partial charge in [0.05, 0.1) is 22.5 Å². The minimum atomic E-state index is -0.391. The smallest absolute Gasteiger partial charge is 0.280 e. The number of carbonyl (C=O) groups excluding carboxylic acids is 1. The van der Waals surface area contributed by atoms with E-state index in [9.17, 15) is 9.90 Å². The van der Waals surface area contributed by atoms with E-state index in [1.54, 1.807) is 0 Å². The fourth-order valence-electron chi connectivity index (χ4n) is 2.91. The molecule has 0 fully saturated rings. The van der Waals surface area contributed by atoms with Gasteiger partial charge in [-0.1, -0.05) is 60.7 Å². The molecule has 4 rings (SSSR count). The van der Waals surface area contributed by atoms with Gasteiger partial charge in [-0.25, -0.2) is 9.67 Å². The largest absolute Gasteiger partial charge is 0.493 e. The molecule has 0 aliphatic carbocycles. The highest BCUT2D eigenvalue weighted by Gasteiger charge is 2.35. The number of amides is 1. The predicted molar refractivity (Wildman–Crippen MR) is 88.1 cm³/mol. The Balaban J connectivity index is 1.98. The molecule has 1 aliphatic rings. The van der Waals surface area contributed by atoms with E-state index in [2.05, 4.69) is 4.99 Å². The molecule has 3 N–H and O–H groups in total. The number of nitrogen functional groups attached to an aromatic ring is 1. The lowest BCUT2D eigenvalue weighted by molar-refractivity contribution is 0.101. The van der Waals surface area contributed by atoms with Crippen molar-refractivity contribution in [3.63, 3.8) is 0 Å². The fraction of sp³-hybridized carbons (Fsp3) is 0. The highest BCUT2D eigenvalue weighted by atomic mass is 16.3. The molecule has 23 heavy (non-hydrogen) atoms. The summed E-state index contributed by atoms with van der Waals surface area (Å²) < 4.78 is 1.15. The van der Waals surface area contributed by atoms with Crippen molar-refractivity contribution in [1.29, 1.82) is 0 Å². The number of rotatable bonds is 2. The van der Waals surface area contributed by atoms with Gasteiger partial charge >= 0.3 is 0 Å². The highest BCUT2D eigenvalue weighted by molar-refractivity contribution is 6.30. The van der Waals surface area contributed by atoms with Crippen LogP contribution in [0.15, 0.2) is 65.7 Å². The second kappa shape index (κ2) is 4.84. The first-order valence-corrected chi connectivity index (χ1v) is 7.15. The summed E-state index contributed by atoms with van der Waals surface area (Å²) in [7, 11) is 0. The maximum atomic E-state index is 12.4. The quantitative estimate of drug-likeness (QED) is 0.714. The Morgan fingerprint density at radius 1 is 0.870 bits per heavy atom. The molecule has 0 atom stereocenters. The van der Waals surface area contributed by atoms with Gasteiger partial charge in [0, 0.05) is 11.1 Å². The number of benzene rings is 2. The maximum absolute atomic E-state index is 12.4. The Kier molecular flexibility index (Phi) is 2.81. The monoisotopic (exact) mass is 303 g/mol. The summed E-state index contributed by atoms with van der Waals surface area (Å²) in [5, 5.41) is 10.5. The Labute approximate surface area is 132 Å². The van der Waals surface area contributed by atoms with Gasteiger partial charge < -0.3 is 10.9 Å². The Bertz CT molecular complexity index is 941. The normalized spacial score (nSPS) is 13.0. The van der Waals surface area contributed by atoms with E-state index in [0.717, 1.165) is 15.8 Å². The number of aliphatic imine (C=N–C) groups is 1. The van der Waals surface area contributed by atoms with Gasteiger partial charge in [0.15, 0.2) is 0 Å². The summed E-state index contributed by atoms with van der Waals surface area (Å²) in [5.41, 5.74) is 3.17. The van der Waals surface area contributed by atoms with Crippen LogP contribution in [0.2, 0.25) is 0 Å². The molecule has 0 spiro atoms. The average Bonchev–Trinajstić information content (AvgIpc) is 3.06. The minimum Gasteiger partial charge on any atom is -0.493 e. The van der Waals surface area contributed by atoms with Crippen LogP contribution < -0.4 is 5.84 Å². The third-order valence-corrected chi connectivity index (χ3v) is 3.94. The number of aromatic hydroxyl groups is 1. The number of aromatic nitrogens is 1. The average molecular weight is 303 g/mol. The first kappa shape index (κ1) is 13.3. The summed E-state index contributed by atoms with van der Waals surface area (Å²) in [6.07, 6.45) is 0. The summed E-state index contributed by atoms with van der Waals surface area (Å²) in [6.45, 7) is 0. The molecule has 1 amide bonds. The van der Waals surface area contributed by atoms with Crippen LogP contribution in [0.5, 0.6) is 5.88 Å². The summed E-state index contributed by atoms with van der Waals surface area (Å²) in [6, 6.07) is 18.5. The number of nitrogens with two attached hydrogens (primary N) is 1. The standard InChI is InChI=1S/C18H13N3O2/c19-21-16(12-9-5-2-6-10-12)14-13(18(21)23)15(20-17(14)22)11-7-3-1-4-8-11/h1-10,23H,19H2. The van der Waals surface area contributed by atoms with Crippen LogP contribution in [0.25, 0.3) is 11.3 Å². The maximum Gasteiger partial charge on any atom is 0.280 e. The third-order valence-electron chi connectivity index (χ3n) is 3.94. The molecule has 1 aliphatic heterocycles. The molecule has 5 nitrogen and oxygen atoms in total. The first-order valence-electron chi connectivity index (χ1n) is 7.15. The van der Waals surface area contributed by atoms with Crippen LogP contribution in [-0.4, -0.2) is 21.4 Å². The topological polar surface area (TPSA) is 80.6 Å². The molecule has 0 radical (unpaired) electrons. The van der Waals surface area contributed by atoms with Crippen molar-refractivity contribution in [1.82, 2.24) is 4.68 Å². The second-order valence-electron chi connectivity index (χ2n) is 5.29. The molecule has 0 saturated carbocycles. The van der Waals surface area contributed by atoms with Gasteiger partial charge in [0.1, 0.15) is 0 Å². The number of carbonyl (C=O) groups is 1. The lowest BCUT2D eigenvalue weighted by atomic mass is 10.0. The van der Waals surface area contributed by atoms with Gasteiger partial charge in [-0.05, 0) is 0 Å². The summed E-state index contributed by atoms with van der Waals surface area (Å²) >= 11 is 0. The lowest BCUT2D eigenvalue weighted by Gasteiger charge is -2.06. The van der Waals surface area contributed by atoms with Crippen molar-refractivity contribution in [3.05, 3.63) is 77.4 Å². The molecule has 3 aromatic rings. The van der Waals surface area contributed by atoms with E-state index in [0.29, 0.717) is 22.5 Å². The minimum absolute atomic E-state index is 0.160. The van der Waals surface area contributed by atoms with Crippen molar-refractivity contribution >= 4 is 11.6 Å². The SMILES string of the molecule is Nn1c(O)c2c(c1-c1ccccc1)C(=O)N=C2c1ccccc1. The zero-order valence-electron chi connectivity index (χ0n) is 12.1. The van der Waals surface area contributed by atoms with Crippen LogP contribution in [0, 0.1) is 0 Å². The summed E-state index contributed by atoms with van der Waals surface area (Å²) in [4.78, 5) is 16.6. The fourth-order valence-corrected chi connectivity index (χ4v) is 2.91. The molecular formula is C18H13N3O2. The predicted octanol–water partition coefficient (Wildman–Crippen LogP) is 2.57. The van der Waals surface area contributed by atoms with E-state index in [-0.39, 0.29) is 5.88 Å². The van der Waals surface area contributed by atoms with Crippen LogP contribution in [-0.2, 0) is 0 Å². The van der Waals surface area contributed by atoms with Crippen LogP contribution in [0.1, 0.15) is 21.5 Å². The molecular weight excluding hydrogens is 290 g/mol. The number of nitrogens with zero attached hydrogens (tertiary/aromatic N) is 2. The van der Waals surface area contributed by atoms with Gasteiger partial charge in [-0.15, -0.1) is 0 Å². The van der Waals surface area contributed by atoms with Crippen molar-refractivity contribution in [2.45, 2.75) is 0 Å². The van der Waals surface area contributed by atoms with Crippen molar-refractivity contribution in [2.24, 2.45) is 4.99 Å². The molecule has 1 aromatic heterocycles. The second-order valence-corrected chi connectivity index (χ2v) is 5.29. The molecule has 0 saturated heterocycles. The molecule has 0 unspecified atom stereocenters. The van der Waals surface area contributed by atoms with E-state index >= 15 is 0 Å². The molecule has 112 valence electrons. The lowest BCUT2D eigenvalue weighted by Crippen LogP contribution is -2.11.